The lowest BCUT2D eigenvalue weighted by Crippen LogP contribution is -2.45. The number of anilines is 1. The molecule has 0 saturated heterocycles. The van der Waals surface area contributed by atoms with E-state index in [1.807, 2.05) is 0 Å². The monoisotopic (exact) mass is 494 g/mol. The third kappa shape index (κ3) is 5.50. The molecule has 2 N–H and O–H groups in total. The third-order valence-electron chi connectivity index (χ3n) is 4.23. The Balaban J connectivity index is 1.90. The number of halogens is 3. The van der Waals surface area contributed by atoms with E-state index in [2.05, 4.69) is 26.0 Å². The summed E-state index contributed by atoms with van der Waals surface area (Å²) in [6.07, 6.45) is -0.0154. The van der Waals surface area contributed by atoms with Crippen molar-refractivity contribution in [2.75, 3.05) is 5.32 Å². The van der Waals surface area contributed by atoms with Crippen molar-refractivity contribution >= 4 is 37.5 Å². The van der Waals surface area contributed by atoms with E-state index < -0.39 is 39.3 Å². The molecule has 0 radical (unpaired) electrons. The summed E-state index contributed by atoms with van der Waals surface area (Å²) in [5.74, 6) is -2.81. The number of amides is 1. The second-order valence-electron chi connectivity index (χ2n) is 6.40. The lowest BCUT2D eigenvalue weighted by Gasteiger charge is -2.19. The van der Waals surface area contributed by atoms with Crippen molar-refractivity contribution in [2.24, 2.45) is 0 Å². The smallest absolute Gasteiger partial charge is 0.243 e. The van der Waals surface area contributed by atoms with E-state index in [-0.39, 0.29) is 11.3 Å². The van der Waals surface area contributed by atoms with E-state index in [0.717, 1.165) is 18.2 Å². The van der Waals surface area contributed by atoms with Crippen molar-refractivity contribution in [1.29, 1.82) is 0 Å². The minimum Gasteiger partial charge on any atom is -0.320 e. The maximum absolute atomic E-state index is 13.9. The highest BCUT2D eigenvalue weighted by molar-refractivity contribution is 9.10. The van der Waals surface area contributed by atoms with Crippen molar-refractivity contribution in [3.8, 4) is 0 Å². The minimum absolute atomic E-state index is 0.0154. The molecule has 0 spiro atoms. The molecule has 5 nitrogen and oxygen atoms in total. The highest BCUT2D eigenvalue weighted by atomic mass is 79.9. The number of hydrogen-bond acceptors (Lipinski definition) is 3. The van der Waals surface area contributed by atoms with Crippen LogP contribution in [0.3, 0.4) is 0 Å². The van der Waals surface area contributed by atoms with Crippen LogP contribution >= 0.6 is 15.9 Å². The molecular formula is C21H17BrF2N2O3S. The molecule has 0 unspecified atom stereocenters. The average Bonchev–Trinajstić information content (AvgIpc) is 2.71. The van der Waals surface area contributed by atoms with Gasteiger partial charge < -0.3 is 5.32 Å². The van der Waals surface area contributed by atoms with Gasteiger partial charge in [-0.25, -0.2) is 17.2 Å². The molecule has 1 atom stereocenters. The molecule has 0 bridgehead atoms. The lowest BCUT2D eigenvalue weighted by molar-refractivity contribution is -0.117. The summed E-state index contributed by atoms with van der Waals surface area (Å²) in [7, 11) is -4.07. The molecular weight excluding hydrogens is 478 g/mol. The fourth-order valence-corrected chi connectivity index (χ4v) is 4.19. The molecule has 1 amide bonds. The van der Waals surface area contributed by atoms with E-state index in [9.17, 15) is 22.0 Å². The topological polar surface area (TPSA) is 75.3 Å². The summed E-state index contributed by atoms with van der Waals surface area (Å²) >= 11 is 3.23. The van der Waals surface area contributed by atoms with Gasteiger partial charge in [0.2, 0.25) is 15.9 Å². The number of para-hydroxylation sites is 1. The Hall–Kier alpha value is -2.62. The van der Waals surface area contributed by atoms with Crippen molar-refractivity contribution in [3.05, 3.63) is 94.5 Å². The van der Waals surface area contributed by atoms with Gasteiger partial charge in [0.15, 0.2) is 0 Å². The SMILES string of the molecule is O=C(Nc1c(F)cccc1F)[C@@H](Cc1ccccc1)NS(=O)(=O)c1ccc(Br)cc1. The largest absolute Gasteiger partial charge is 0.320 e. The third-order valence-corrected chi connectivity index (χ3v) is 6.25. The Kier molecular flexibility index (Phi) is 6.96. The van der Waals surface area contributed by atoms with Gasteiger partial charge >= 0.3 is 0 Å². The summed E-state index contributed by atoms with van der Waals surface area (Å²) in [6.45, 7) is 0. The molecule has 0 aromatic heterocycles. The van der Waals surface area contributed by atoms with Crippen LogP contribution in [0, 0.1) is 11.6 Å². The number of carbonyl (C=O) groups is 1. The summed E-state index contributed by atoms with van der Waals surface area (Å²) in [5, 5.41) is 2.16. The molecule has 3 rings (SSSR count). The zero-order valence-electron chi connectivity index (χ0n) is 15.5. The number of benzene rings is 3. The van der Waals surface area contributed by atoms with Crippen LogP contribution in [-0.2, 0) is 21.2 Å². The fourth-order valence-electron chi connectivity index (χ4n) is 2.73. The molecule has 0 fully saturated rings. The number of carbonyl (C=O) groups excluding carboxylic acids is 1. The van der Waals surface area contributed by atoms with Crippen LogP contribution in [0.25, 0.3) is 0 Å². The van der Waals surface area contributed by atoms with E-state index in [1.165, 1.54) is 12.1 Å². The van der Waals surface area contributed by atoms with E-state index in [4.69, 9.17) is 0 Å². The van der Waals surface area contributed by atoms with Crippen LogP contribution < -0.4 is 10.0 Å². The zero-order valence-corrected chi connectivity index (χ0v) is 17.9. The summed E-state index contributed by atoms with van der Waals surface area (Å²) in [6, 6.07) is 16.4. The molecule has 0 heterocycles. The highest BCUT2D eigenvalue weighted by Crippen LogP contribution is 2.20. The first-order valence-electron chi connectivity index (χ1n) is 8.83. The van der Waals surface area contributed by atoms with Crippen LogP contribution in [0.4, 0.5) is 14.5 Å². The summed E-state index contributed by atoms with van der Waals surface area (Å²) in [4.78, 5) is 12.8. The standard InChI is InChI=1S/C21H17BrF2N2O3S/c22-15-9-11-16(12-10-15)30(28,29)26-19(13-14-5-2-1-3-6-14)21(27)25-20-17(23)7-4-8-18(20)24/h1-12,19,26H,13H2,(H,25,27)/t19-/m1/s1. The molecule has 3 aromatic rings. The van der Waals surface area contributed by atoms with Crippen LogP contribution in [-0.4, -0.2) is 20.4 Å². The molecule has 0 aliphatic heterocycles. The number of nitrogens with one attached hydrogen (secondary N) is 2. The zero-order chi connectivity index (χ0) is 21.7. The van der Waals surface area contributed by atoms with E-state index in [0.29, 0.717) is 10.0 Å². The van der Waals surface area contributed by atoms with Crippen LogP contribution in [0.5, 0.6) is 0 Å². The van der Waals surface area contributed by atoms with Gasteiger partial charge in [0, 0.05) is 4.47 Å². The molecule has 0 aliphatic carbocycles. The van der Waals surface area contributed by atoms with Gasteiger partial charge in [-0.1, -0.05) is 52.3 Å². The van der Waals surface area contributed by atoms with Gasteiger partial charge in [-0.3, -0.25) is 4.79 Å². The fraction of sp³-hybridized carbons (Fsp3) is 0.0952. The number of sulfonamides is 1. The maximum Gasteiger partial charge on any atom is 0.243 e. The van der Waals surface area contributed by atoms with Gasteiger partial charge in [0.25, 0.3) is 0 Å². The maximum atomic E-state index is 13.9. The lowest BCUT2D eigenvalue weighted by atomic mass is 10.1. The minimum atomic E-state index is -4.07. The summed E-state index contributed by atoms with van der Waals surface area (Å²) < 4.78 is 56.5. The van der Waals surface area contributed by atoms with Crippen LogP contribution in [0.2, 0.25) is 0 Å². The Morgan fingerprint density at radius 1 is 0.900 bits per heavy atom. The van der Waals surface area contributed by atoms with Gasteiger partial charge in [-0.15, -0.1) is 0 Å². The van der Waals surface area contributed by atoms with Gasteiger partial charge in [-0.2, -0.15) is 4.72 Å². The Morgan fingerprint density at radius 3 is 2.10 bits per heavy atom. The molecule has 30 heavy (non-hydrogen) atoms. The molecule has 156 valence electrons. The molecule has 9 heteroatoms. The van der Waals surface area contributed by atoms with E-state index in [1.54, 1.807) is 42.5 Å². The number of rotatable bonds is 7. The van der Waals surface area contributed by atoms with Gasteiger partial charge in [0.1, 0.15) is 23.4 Å². The first kappa shape index (κ1) is 22.1. The first-order valence-corrected chi connectivity index (χ1v) is 11.1. The Bertz CT molecular complexity index is 1120. The second-order valence-corrected chi connectivity index (χ2v) is 9.03. The van der Waals surface area contributed by atoms with Gasteiger partial charge in [0.05, 0.1) is 4.90 Å². The second kappa shape index (κ2) is 9.46. The van der Waals surface area contributed by atoms with Crippen molar-refractivity contribution < 1.29 is 22.0 Å². The normalized spacial score (nSPS) is 12.4. The molecule has 3 aromatic carbocycles. The summed E-state index contributed by atoms with van der Waals surface area (Å²) in [5.41, 5.74) is 0.0357. The van der Waals surface area contributed by atoms with Gasteiger partial charge in [-0.05, 0) is 48.4 Å². The van der Waals surface area contributed by atoms with Crippen LogP contribution in [0.15, 0.2) is 82.2 Å². The predicted octanol–water partition coefficient (Wildman–Crippen LogP) is 4.26. The van der Waals surface area contributed by atoms with Crippen molar-refractivity contribution in [2.45, 2.75) is 17.4 Å². The van der Waals surface area contributed by atoms with Crippen molar-refractivity contribution in [3.63, 3.8) is 0 Å². The average molecular weight is 495 g/mol. The molecule has 0 saturated carbocycles. The van der Waals surface area contributed by atoms with E-state index >= 15 is 0 Å². The van der Waals surface area contributed by atoms with Crippen LogP contribution in [0.1, 0.15) is 5.56 Å². The predicted molar refractivity (Wildman–Crippen MR) is 113 cm³/mol. The van der Waals surface area contributed by atoms with Crippen molar-refractivity contribution in [1.82, 2.24) is 4.72 Å². The highest BCUT2D eigenvalue weighted by Gasteiger charge is 2.27. The Labute approximate surface area is 181 Å². The molecule has 0 aliphatic rings. The first-order chi connectivity index (χ1) is 14.3. The number of hydrogen-bond donors (Lipinski definition) is 2. The Morgan fingerprint density at radius 2 is 1.50 bits per heavy atom. The quantitative estimate of drug-likeness (QED) is 0.515.